The topological polar surface area (TPSA) is 91.8 Å². The maximum atomic E-state index is 13.9. The molecule has 1 heterocycles. The molecule has 4 unspecified atom stereocenters. The number of aromatic hydroxyl groups is 1. The Labute approximate surface area is 225 Å². The van der Waals surface area contributed by atoms with E-state index in [9.17, 15) is 24.3 Å². The average molecular weight is 615 g/mol. The first-order chi connectivity index (χ1) is 17.3. The Bertz CT molecular complexity index is 1320. The second-order valence-electron chi connectivity index (χ2n) is 10.4. The van der Waals surface area contributed by atoms with E-state index in [1.54, 1.807) is 18.2 Å². The minimum atomic E-state index is -0.655. The molecule has 4 atom stereocenters. The first-order valence-electron chi connectivity index (χ1n) is 12.5. The van der Waals surface area contributed by atoms with Crippen molar-refractivity contribution in [3.63, 3.8) is 0 Å². The van der Waals surface area contributed by atoms with Crippen molar-refractivity contribution in [2.24, 2.45) is 17.8 Å². The fraction of sp³-hybridized carbons (Fsp3) is 0.429. The number of fused-ring (bicyclic) bond motifs is 3. The van der Waals surface area contributed by atoms with Crippen LogP contribution >= 0.6 is 31.9 Å². The predicted octanol–water partition coefficient (Wildman–Crippen LogP) is 5.25. The molecule has 1 saturated heterocycles. The summed E-state index contributed by atoms with van der Waals surface area (Å²) in [6.07, 6.45) is 8.78. The number of rotatable bonds is 2. The zero-order chi connectivity index (χ0) is 25.3. The number of nitrogens with zero attached hydrogens (tertiary/aromatic N) is 1. The summed E-state index contributed by atoms with van der Waals surface area (Å²) in [7, 11) is 0. The van der Waals surface area contributed by atoms with Crippen molar-refractivity contribution in [1.82, 2.24) is 4.90 Å². The summed E-state index contributed by atoms with van der Waals surface area (Å²) in [5.41, 5.74) is 2.10. The fourth-order valence-corrected chi connectivity index (χ4v) is 7.87. The van der Waals surface area contributed by atoms with Gasteiger partial charge < -0.3 is 5.11 Å². The third-order valence-electron chi connectivity index (χ3n) is 8.61. The highest BCUT2D eigenvalue weighted by Gasteiger charge is 2.57. The van der Waals surface area contributed by atoms with Crippen LogP contribution in [0.3, 0.4) is 0 Å². The van der Waals surface area contributed by atoms with Gasteiger partial charge in [0.2, 0.25) is 11.8 Å². The van der Waals surface area contributed by atoms with Crippen LogP contribution in [0.5, 0.6) is 5.75 Å². The van der Waals surface area contributed by atoms with Gasteiger partial charge in [-0.05, 0) is 65.7 Å². The average Bonchev–Trinajstić information content (AvgIpc) is 3.13. The monoisotopic (exact) mass is 613 g/mol. The van der Waals surface area contributed by atoms with Crippen molar-refractivity contribution in [3.8, 4) is 5.75 Å². The van der Waals surface area contributed by atoms with Crippen LogP contribution < -0.4 is 0 Å². The number of carbonyl (C=O) groups excluding carboxylic acids is 4. The standard InChI is InChI=1S/C28H25Br2NO5/c29-13-6-9-21(32)18(10-13)23-15-7-8-16-24(28(36)31(27(16)35)14-4-2-1-3-5-14)17(15)11-19-25(23)22(33)12-20(30)26(19)34/h6-7,9-10,12,14,16-17,23-24,32H,1-5,8,11H2. The Morgan fingerprint density at radius 2 is 1.69 bits per heavy atom. The first-order valence-corrected chi connectivity index (χ1v) is 14.1. The van der Waals surface area contributed by atoms with Crippen molar-refractivity contribution in [3.05, 3.63) is 61.6 Å². The van der Waals surface area contributed by atoms with Crippen molar-refractivity contribution in [2.75, 3.05) is 0 Å². The molecule has 0 spiro atoms. The highest BCUT2D eigenvalue weighted by Crippen LogP contribution is 2.56. The van der Waals surface area contributed by atoms with Gasteiger partial charge in [0.1, 0.15) is 5.75 Å². The van der Waals surface area contributed by atoms with E-state index in [2.05, 4.69) is 31.9 Å². The Hall–Kier alpha value is -2.32. The molecule has 0 aromatic heterocycles. The molecule has 8 heteroatoms. The second kappa shape index (κ2) is 8.91. The maximum Gasteiger partial charge on any atom is 0.233 e. The Morgan fingerprint density at radius 1 is 0.944 bits per heavy atom. The van der Waals surface area contributed by atoms with E-state index in [0.717, 1.165) is 42.1 Å². The summed E-state index contributed by atoms with van der Waals surface area (Å²) >= 11 is 6.71. The zero-order valence-electron chi connectivity index (χ0n) is 19.5. The molecule has 6 rings (SSSR count). The Balaban J connectivity index is 1.48. The molecule has 1 aromatic rings. The number of amides is 2. The lowest BCUT2D eigenvalue weighted by Crippen LogP contribution is -2.43. The van der Waals surface area contributed by atoms with E-state index in [0.29, 0.717) is 23.1 Å². The molecular formula is C28H25Br2NO5. The minimum absolute atomic E-state index is 0.0187. The van der Waals surface area contributed by atoms with E-state index < -0.39 is 17.8 Å². The van der Waals surface area contributed by atoms with E-state index in [4.69, 9.17) is 0 Å². The van der Waals surface area contributed by atoms with Crippen LogP contribution in [0.1, 0.15) is 56.4 Å². The van der Waals surface area contributed by atoms with E-state index in [-0.39, 0.29) is 52.0 Å². The molecule has 2 amide bonds. The van der Waals surface area contributed by atoms with Crippen molar-refractivity contribution >= 4 is 55.2 Å². The number of hydrogen-bond acceptors (Lipinski definition) is 5. The Kier molecular flexibility index (Phi) is 5.95. The number of Topliss-reactive ketones (excluding diaryl/α,β-unsaturated/α-hetero) is 1. The SMILES string of the molecule is O=C1C=C(Br)C(=O)C2=C1C(c1cc(Br)ccc1O)C1=CCC3C(=O)N(C4CCCCC4)C(=O)C3C1C2. The molecule has 6 nitrogen and oxygen atoms in total. The summed E-state index contributed by atoms with van der Waals surface area (Å²) in [5.74, 6) is -2.81. The molecule has 0 bridgehead atoms. The van der Waals surface area contributed by atoms with Gasteiger partial charge in [0.25, 0.3) is 0 Å². The normalized spacial score (nSPS) is 30.7. The zero-order valence-corrected chi connectivity index (χ0v) is 22.7. The summed E-state index contributed by atoms with van der Waals surface area (Å²) in [6, 6.07) is 4.99. The molecule has 4 aliphatic carbocycles. The Morgan fingerprint density at radius 3 is 2.44 bits per heavy atom. The molecule has 5 aliphatic rings. The number of ketones is 2. The molecule has 36 heavy (non-hydrogen) atoms. The van der Waals surface area contributed by atoms with Crippen LogP contribution in [0.25, 0.3) is 0 Å². The number of carbonyl (C=O) groups is 4. The fourth-order valence-electron chi connectivity index (χ4n) is 7.04. The number of allylic oxidation sites excluding steroid dienone is 6. The van der Waals surface area contributed by atoms with Gasteiger partial charge in [0.05, 0.1) is 16.3 Å². The van der Waals surface area contributed by atoms with Crippen molar-refractivity contribution in [2.45, 2.75) is 56.9 Å². The number of hydrogen-bond donors (Lipinski definition) is 1. The molecule has 2 fully saturated rings. The van der Waals surface area contributed by atoms with Gasteiger partial charge in [-0.15, -0.1) is 0 Å². The molecule has 1 saturated carbocycles. The largest absolute Gasteiger partial charge is 0.508 e. The van der Waals surface area contributed by atoms with Gasteiger partial charge in [0.15, 0.2) is 11.6 Å². The lowest BCUT2D eigenvalue weighted by Gasteiger charge is -2.42. The third kappa shape index (κ3) is 3.55. The van der Waals surface area contributed by atoms with Gasteiger partial charge in [-0.1, -0.05) is 46.8 Å². The smallest absolute Gasteiger partial charge is 0.233 e. The molecule has 0 radical (unpaired) electrons. The quantitative estimate of drug-likeness (QED) is 0.279. The summed E-state index contributed by atoms with van der Waals surface area (Å²) < 4.78 is 0.927. The number of halogens is 2. The highest BCUT2D eigenvalue weighted by atomic mass is 79.9. The number of likely N-dealkylation sites (tertiary alicyclic amines) is 1. The minimum Gasteiger partial charge on any atom is -0.508 e. The van der Waals surface area contributed by atoms with Crippen molar-refractivity contribution in [1.29, 1.82) is 0 Å². The number of phenols is 1. The van der Waals surface area contributed by atoms with Gasteiger partial charge in [0, 0.05) is 39.2 Å². The molecule has 1 aliphatic heterocycles. The van der Waals surface area contributed by atoms with Gasteiger partial charge in [-0.25, -0.2) is 0 Å². The lowest BCUT2D eigenvalue weighted by atomic mass is 9.59. The van der Waals surface area contributed by atoms with Gasteiger partial charge in [-0.3, -0.25) is 24.1 Å². The van der Waals surface area contributed by atoms with Crippen LogP contribution in [-0.2, 0) is 19.2 Å². The van der Waals surface area contributed by atoms with E-state index in [1.165, 1.54) is 11.0 Å². The summed E-state index contributed by atoms with van der Waals surface area (Å²) in [6.45, 7) is 0. The molecule has 1 aromatic carbocycles. The van der Waals surface area contributed by atoms with Crippen LogP contribution in [0.15, 0.2) is 56.0 Å². The van der Waals surface area contributed by atoms with Gasteiger partial charge in [-0.2, -0.15) is 0 Å². The molecule has 1 N–H and O–H groups in total. The highest BCUT2D eigenvalue weighted by molar-refractivity contribution is 9.12. The molecular weight excluding hydrogens is 590 g/mol. The first kappa shape index (κ1) is 24.0. The van der Waals surface area contributed by atoms with E-state index in [1.807, 2.05) is 6.08 Å². The molecule has 186 valence electrons. The van der Waals surface area contributed by atoms with Gasteiger partial charge >= 0.3 is 0 Å². The number of imide groups is 1. The second-order valence-corrected chi connectivity index (χ2v) is 12.2. The van der Waals surface area contributed by atoms with Crippen molar-refractivity contribution < 1.29 is 24.3 Å². The van der Waals surface area contributed by atoms with E-state index >= 15 is 0 Å². The van der Waals surface area contributed by atoms with Crippen LogP contribution in [0, 0.1) is 17.8 Å². The number of phenolic OH excluding ortho intramolecular Hbond substituents is 1. The van der Waals surface area contributed by atoms with Crippen LogP contribution in [-0.4, -0.2) is 39.4 Å². The maximum absolute atomic E-state index is 13.9. The predicted molar refractivity (Wildman–Crippen MR) is 139 cm³/mol. The van der Waals surface area contributed by atoms with Crippen LogP contribution in [0.2, 0.25) is 0 Å². The third-order valence-corrected chi connectivity index (χ3v) is 9.69. The van der Waals surface area contributed by atoms with Crippen LogP contribution in [0.4, 0.5) is 0 Å². The lowest BCUT2D eigenvalue weighted by molar-refractivity contribution is -0.143. The number of benzene rings is 1. The summed E-state index contributed by atoms with van der Waals surface area (Å²) in [5, 5.41) is 10.8. The summed E-state index contributed by atoms with van der Waals surface area (Å²) in [4.78, 5) is 55.5.